The number of benzene rings is 1. The van der Waals surface area contributed by atoms with Crippen molar-refractivity contribution in [1.82, 2.24) is 9.88 Å². The van der Waals surface area contributed by atoms with E-state index in [-0.39, 0.29) is 36.7 Å². The quantitative estimate of drug-likeness (QED) is 0.735. The SMILES string of the molecule is CC(C)Nc1ccc(NC(=O)CCCN2C(=O)c3ccccc3C2=O)cn1. The highest BCUT2D eigenvalue weighted by molar-refractivity contribution is 6.21. The van der Waals surface area contributed by atoms with Gasteiger partial charge in [-0.2, -0.15) is 0 Å². The van der Waals surface area contributed by atoms with Gasteiger partial charge in [0.15, 0.2) is 0 Å². The third-order valence-electron chi connectivity index (χ3n) is 4.15. The van der Waals surface area contributed by atoms with Crippen LogP contribution < -0.4 is 10.6 Å². The number of carbonyl (C=O) groups is 3. The van der Waals surface area contributed by atoms with Crippen molar-refractivity contribution >= 4 is 29.2 Å². The van der Waals surface area contributed by atoms with Gasteiger partial charge in [-0.05, 0) is 44.5 Å². The number of anilines is 2. The summed E-state index contributed by atoms with van der Waals surface area (Å²) in [5.74, 6) is -0.0338. The first-order valence-corrected chi connectivity index (χ1v) is 8.93. The Morgan fingerprint density at radius 3 is 2.30 bits per heavy atom. The molecule has 1 aliphatic rings. The van der Waals surface area contributed by atoms with E-state index < -0.39 is 0 Å². The smallest absolute Gasteiger partial charge is 0.261 e. The van der Waals surface area contributed by atoms with Crippen LogP contribution in [0.4, 0.5) is 11.5 Å². The maximum absolute atomic E-state index is 12.3. The average molecular weight is 366 g/mol. The fourth-order valence-corrected chi connectivity index (χ4v) is 2.91. The van der Waals surface area contributed by atoms with Gasteiger partial charge in [0.05, 0.1) is 23.0 Å². The molecule has 7 heteroatoms. The molecule has 1 aromatic carbocycles. The van der Waals surface area contributed by atoms with E-state index in [4.69, 9.17) is 0 Å². The second kappa shape index (κ2) is 7.99. The molecule has 3 rings (SSSR count). The van der Waals surface area contributed by atoms with Crippen molar-refractivity contribution in [2.45, 2.75) is 32.7 Å². The maximum atomic E-state index is 12.3. The van der Waals surface area contributed by atoms with Gasteiger partial charge in [0.25, 0.3) is 11.8 Å². The molecule has 0 atom stereocenters. The van der Waals surface area contributed by atoms with Crippen molar-refractivity contribution in [3.05, 3.63) is 53.7 Å². The number of nitrogens with one attached hydrogen (secondary N) is 2. The van der Waals surface area contributed by atoms with Gasteiger partial charge in [-0.1, -0.05) is 12.1 Å². The lowest BCUT2D eigenvalue weighted by Gasteiger charge is -2.13. The van der Waals surface area contributed by atoms with Crippen LogP contribution in [0.2, 0.25) is 0 Å². The minimum absolute atomic E-state index is 0.182. The van der Waals surface area contributed by atoms with Crippen molar-refractivity contribution in [2.24, 2.45) is 0 Å². The summed E-state index contributed by atoms with van der Waals surface area (Å²) in [5, 5.41) is 5.94. The van der Waals surface area contributed by atoms with Crippen molar-refractivity contribution < 1.29 is 14.4 Å². The number of hydrogen-bond acceptors (Lipinski definition) is 5. The Hall–Kier alpha value is -3.22. The molecular weight excluding hydrogens is 344 g/mol. The van der Waals surface area contributed by atoms with Crippen LogP contribution in [-0.4, -0.2) is 40.2 Å². The van der Waals surface area contributed by atoms with Gasteiger partial charge in [0.1, 0.15) is 5.82 Å². The molecule has 0 unspecified atom stereocenters. The minimum Gasteiger partial charge on any atom is -0.368 e. The standard InChI is InChI=1S/C20H22N4O3/c1-13(2)22-17-10-9-14(12-21-17)23-18(25)8-5-11-24-19(26)15-6-3-4-7-16(15)20(24)27/h3-4,6-7,9-10,12-13H,5,8,11H2,1-2H3,(H,21,22)(H,23,25). The summed E-state index contributed by atoms with van der Waals surface area (Å²) in [5.41, 5.74) is 1.45. The Morgan fingerprint density at radius 2 is 1.74 bits per heavy atom. The third kappa shape index (κ3) is 4.31. The Balaban J connectivity index is 1.48. The van der Waals surface area contributed by atoms with Gasteiger partial charge in [-0.15, -0.1) is 0 Å². The van der Waals surface area contributed by atoms with Gasteiger partial charge in [-0.3, -0.25) is 19.3 Å². The molecule has 0 saturated heterocycles. The van der Waals surface area contributed by atoms with E-state index in [1.54, 1.807) is 42.6 Å². The highest BCUT2D eigenvalue weighted by Crippen LogP contribution is 2.22. The summed E-state index contributed by atoms with van der Waals surface area (Å²) in [6.45, 7) is 4.26. The highest BCUT2D eigenvalue weighted by atomic mass is 16.2. The van der Waals surface area contributed by atoms with E-state index in [0.717, 1.165) is 5.82 Å². The van der Waals surface area contributed by atoms with E-state index in [2.05, 4.69) is 15.6 Å². The van der Waals surface area contributed by atoms with Crippen LogP contribution >= 0.6 is 0 Å². The molecule has 0 aliphatic carbocycles. The average Bonchev–Trinajstić information content (AvgIpc) is 2.88. The third-order valence-corrected chi connectivity index (χ3v) is 4.15. The number of carbonyl (C=O) groups excluding carboxylic acids is 3. The molecule has 1 aliphatic heterocycles. The molecule has 2 aromatic rings. The van der Waals surface area contributed by atoms with Crippen LogP contribution in [0.3, 0.4) is 0 Å². The summed E-state index contributed by atoms with van der Waals surface area (Å²) >= 11 is 0. The Kier molecular flexibility index (Phi) is 5.49. The van der Waals surface area contributed by atoms with Crippen LogP contribution in [0.15, 0.2) is 42.6 Å². The molecule has 0 saturated carbocycles. The zero-order valence-corrected chi connectivity index (χ0v) is 15.4. The second-order valence-electron chi connectivity index (χ2n) is 6.69. The van der Waals surface area contributed by atoms with E-state index in [1.165, 1.54) is 4.90 Å². The maximum Gasteiger partial charge on any atom is 0.261 e. The number of pyridine rings is 1. The van der Waals surface area contributed by atoms with Crippen molar-refractivity contribution in [1.29, 1.82) is 0 Å². The van der Waals surface area contributed by atoms with Gasteiger partial charge in [-0.25, -0.2) is 4.98 Å². The molecule has 0 spiro atoms. The van der Waals surface area contributed by atoms with Crippen LogP contribution in [0.1, 0.15) is 47.4 Å². The number of nitrogens with zero attached hydrogens (tertiary/aromatic N) is 2. The molecule has 0 radical (unpaired) electrons. The zero-order chi connectivity index (χ0) is 19.4. The summed E-state index contributed by atoms with van der Waals surface area (Å²) in [6.07, 6.45) is 2.20. The topological polar surface area (TPSA) is 91.4 Å². The molecular formula is C20H22N4O3. The first-order chi connectivity index (χ1) is 13.0. The molecule has 2 heterocycles. The molecule has 140 valence electrons. The number of rotatable bonds is 7. The summed E-state index contributed by atoms with van der Waals surface area (Å²) in [7, 11) is 0. The molecule has 27 heavy (non-hydrogen) atoms. The van der Waals surface area contributed by atoms with Gasteiger partial charge in [0, 0.05) is 19.0 Å². The molecule has 7 nitrogen and oxygen atoms in total. The Bertz CT molecular complexity index is 827. The van der Waals surface area contributed by atoms with Crippen molar-refractivity contribution in [3.63, 3.8) is 0 Å². The van der Waals surface area contributed by atoms with Crippen molar-refractivity contribution in [3.8, 4) is 0 Å². The summed E-state index contributed by atoms with van der Waals surface area (Å²) in [6, 6.07) is 10.6. The van der Waals surface area contributed by atoms with Crippen molar-refractivity contribution in [2.75, 3.05) is 17.2 Å². The fraction of sp³-hybridized carbons (Fsp3) is 0.300. The molecule has 0 fully saturated rings. The molecule has 0 bridgehead atoms. The lowest BCUT2D eigenvalue weighted by molar-refractivity contribution is -0.116. The van der Waals surface area contributed by atoms with Crippen LogP contribution in [0.5, 0.6) is 0 Å². The number of aromatic nitrogens is 1. The molecule has 1 aromatic heterocycles. The van der Waals surface area contributed by atoms with E-state index in [1.807, 2.05) is 13.8 Å². The van der Waals surface area contributed by atoms with E-state index in [9.17, 15) is 14.4 Å². The fourth-order valence-electron chi connectivity index (χ4n) is 2.91. The zero-order valence-electron chi connectivity index (χ0n) is 15.4. The van der Waals surface area contributed by atoms with Crippen LogP contribution in [0, 0.1) is 0 Å². The lowest BCUT2D eigenvalue weighted by Crippen LogP contribution is -2.31. The molecule has 2 N–H and O–H groups in total. The van der Waals surface area contributed by atoms with Gasteiger partial charge in [0.2, 0.25) is 5.91 Å². The second-order valence-corrected chi connectivity index (χ2v) is 6.69. The predicted molar refractivity (Wildman–Crippen MR) is 103 cm³/mol. The normalized spacial score (nSPS) is 13.1. The first-order valence-electron chi connectivity index (χ1n) is 8.93. The Labute approximate surface area is 157 Å². The highest BCUT2D eigenvalue weighted by Gasteiger charge is 2.34. The number of amides is 3. The number of hydrogen-bond donors (Lipinski definition) is 2. The summed E-state index contributed by atoms with van der Waals surface area (Å²) in [4.78, 5) is 42.1. The predicted octanol–water partition coefficient (Wildman–Crippen LogP) is 2.92. The largest absolute Gasteiger partial charge is 0.368 e. The van der Waals surface area contributed by atoms with E-state index in [0.29, 0.717) is 23.2 Å². The van der Waals surface area contributed by atoms with Gasteiger partial charge < -0.3 is 10.6 Å². The van der Waals surface area contributed by atoms with E-state index >= 15 is 0 Å². The number of fused-ring (bicyclic) bond motifs is 1. The first kappa shape index (κ1) is 18.6. The lowest BCUT2D eigenvalue weighted by atomic mass is 10.1. The van der Waals surface area contributed by atoms with Crippen LogP contribution in [0.25, 0.3) is 0 Å². The number of imide groups is 1. The Morgan fingerprint density at radius 1 is 1.07 bits per heavy atom. The van der Waals surface area contributed by atoms with Gasteiger partial charge >= 0.3 is 0 Å². The van der Waals surface area contributed by atoms with Crippen LogP contribution in [-0.2, 0) is 4.79 Å². The monoisotopic (exact) mass is 366 g/mol. The molecule has 3 amide bonds. The summed E-state index contributed by atoms with van der Waals surface area (Å²) < 4.78 is 0. The minimum atomic E-state index is -0.298.